The standard InChI is InChI=1S/C33H28N6O17S4/c40-21-5-10-24-25(17-21)28(36-34-19-1-6-22(7-2-19)57(45,46)15-13-55-59(49,50)51)12-11-27(24)37-38-30-26(33(43)44)18-29(41)31(32(30)42)39-35-20-3-8-23(9-4-20)58(47,48)16-14-56-60(52,53)54/h1-12,17-18,40-42H,13-16H2,(H,43,44)(H,49,50,51)(H,52,53,54). The monoisotopic (exact) mass is 908 g/mol. The summed E-state index contributed by atoms with van der Waals surface area (Å²) in [5.74, 6) is -5.16. The second kappa shape index (κ2) is 17.9. The van der Waals surface area contributed by atoms with Gasteiger partial charge in [0.15, 0.2) is 31.1 Å². The number of phenolic OH excluding ortho intramolecular Hbond substituents is 3. The summed E-state index contributed by atoms with van der Waals surface area (Å²) < 4.78 is 118. The van der Waals surface area contributed by atoms with Crippen molar-refractivity contribution < 1.29 is 76.4 Å². The average molecular weight is 909 g/mol. The fourth-order valence-electron chi connectivity index (χ4n) is 4.97. The Labute approximate surface area is 339 Å². The number of sulfone groups is 2. The summed E-state index contributed by atoms with van der Waals surface area (Å²) in [6.07, 6.45) is 0. The van der Waals surface area contributed by atoms with E-state index in [4.69, 9.17) is 9.11 Å². The Hall–Kier alpha value is -6.33. The summed E-state index contributed by atoms with van der Waals surface area (Å²) in [6, 6.07) is 17.1. The summed E-state index contributed by atoms with van der Waals surface area (Å²) in [4.78, 5) is 11.6. The first-order valence-corrected chi connectivity index (χ1v) is 22.3. The lowest BCUT2D eigenvalue weighted by Gasteiger charge is -2.09. The molecule has 0 spiro atoms. The summed E-state index contributed by atoms with van der Waals surface area (Å²) >= 11 is 0. The van der Waals surface area contributed by atoms with E-state index in [2.05, 4.69) is 39.1 Å². The van der Waals surface area contributed by atoms with Gasteiger partial charge in [0.25, 0.3) is 0 Å². The first-order valence-electron chi connectivity index (χ1n) is 16.3. The fraction of sp³-hybridized carbons (Fsp3) is 0.121. The van der Waals surface area contributed by atoms with Gasteiger partial charge < -0.3 is 20.4 Å². The molecule has 23 nitrogen and oxygen atoms in total. The molecular weight excluding hydrogens is 881 g/mol. The lowest BCUT2D eigenvalue weighted by atomic mass is 10.1. The first kappa shape index (κ1) is 44.8. The molecule has 5 aromatic carbocycles. The number of aromatic hydroxyl groups is 3. The number of hydrogen-bond acceptors (Lipinski definition) is 20. The smallest absolute Gasteiger partial charge is 0.397 e. The number of aromatic carboxylic acids is 1. The lowest BCUT2D eigenvalue weighted by Crippen LogP contribution is -2.15. The van der Waals surface area contributed by atoms with Gasteiger partial charge in [0.1, 0.15) is 17.2 Å². The molecule has 5 rings (SSSR count). The number of rotatable bonds is 17. The van der Waals surface area contributed by atoms with Crippen LogP contribution in [0.25, 0.3) is 10.8 Å². The molecule has 5 aromatic rings. The molecule has 0 saturated heterocycles. The van der Waals surface area contributed by atoms with Crippen molar-refractivity contribution in [3.63, 3.8) is 0 Å². The third-order valence-electron chi connectivity index (χ3n) is 7.77. The molecule has 0 aliphatic rings. The van der Waals surface area contributed by atoms with Crippen molar-refractivity contribution >= 4 is 91.3 Å². The summed E-state index contributed by atoms with van der Waals surface area (Å²) in [7, 11) is -17.7. The van der Waals surface area contributed by atoms with Crippen LogP contribution in [0.3, 0.4) is 0 Å². The number of fused-ring (bicyclic) bond motifs is 1. The van der Waals surface area contributed by atoms with Crippen molar-refractivity contribution in [2.45, 2.75) is 9.79 Å². The van der Waals surface area contributed by atoms with Gasteiger partial charge in [-0.3, -0.25) is 9.11 Å². The van der Waals surface area contributed by atoms with Crippen LogP contribution in [0.15, 0.2) is 125 Å². The van der Waals surface area contributed by atoms with Gasteiger partial charge in [-0.15, -0.1) is 20.5 Å². The zero-order chi connectivity index (χ0) is 44.0. The Balaban J connectivity index is 1.40. The molecule has 60 heavy (non-hydrogen) atoms. The minimum atomic E-state index is -4.86. The number of azo groups is 3. The van der Waals surface area contributed by atoms with Crippen LogP contribution in [-0.2, 0) is 48.8 Å². The molecular formula is C33H28N6O17S4. The summed E-state index contributed by atoms with van der Waals surface area (Å²) in [5.41, 5.74) is -1.57. The average Bonchev–Trinajstić information content (AvgIpc) is 3.15. The zero-order valence-corrected chi connectivity index (χ0v) is 33.2. The molecule has 0 aliphatic carbocycles. The zero-order valence-electron chi connectivity index (χ0n) is 29.9. The highest BCUT2D eigenvalue weighted by Crippen LogP contribution is 2.47. The molecule has 27 heteroatoms. The topological polar surface area (TPSA) is 368 Å². The molecule has 0 atom stereocenters. The lowest BCUT2D eigenvalue weighted by molar-refractivity contribution is 0.0696. The van der Waals surface area contributed by atoms with Crippen molar-refractivity contribution in [2.75, 3.05) is 24.7 Å². The quantitative estimate of drug-likeness (QED) is 0.0454. The molecule has 0 aromatic heterocycles. The van der Waals surface area contributed by atoms with Gasteiger partial charge in [0.05, 0.1) is 62.8 Å². The van der Waals surface area contributed by atoms with Crippen LogP contribution in [0.2, 0.25) is 0 Å². The highest BCUT2D eigenvalue weighted by molar-refractivity contribution is 7.91. The number of benzene rings is 5. The van der Waals surface area contributed by atoms with E-state index in [1.807, 2.05) is 0 Å². The van der Waals surface area contributed by atoms with Gasteiger partial charge in [0, 0.05) is 10.8 Å². The van der Waals surface area contributed by atoms with Crippen LogP contribution < -0.4 is 0 Å². The molecule has 0 aliphatic heterocycles. The molecule has 0 saturated carbocycles. The maximum Gasteiger partial charge on any atom is 0.397 e. The SMILES string of the molecule is O=C(O)c1cc(O)c(N=Nc2ccc(S(=O)(=O)CCOS(=O)(=O)O)cc2)c(O)c1N=Nc1ccc(N=Nc2ccc(S(=O)(=O)CCOS(=O)(=O)O)cc2)c2cc(O)ccc12. The number of phenols is 3. The van der Waals surface area contributed by atoms with E-state index in [9.17, 15) is 58.9 Å². The Kier molecular flexibility index (Phi) is 13.3. The van der Waals surface area contributed by atoms with E-state index in [1.165, 1.54) is 66.7 Å². The van der Waals surface area contributed by atoms with E-state index in [0.29, 0.717) is 5.39 Å². The fourth-order valence-corrected chi connectivity index (χ4v) is 7.95. The molecule has 6 N–H and O–H groups in total. The molecule has 0 amide bonds. The number of nitrogens with zero attached hydrogens (tertiary/aromatic N) is 6. The molecule has 0 radical (unpaired) electrons. The Morgan fingerprint density at radius 1 is 0.533 bits per heavy atom. The maximum atomic E-state index is 12.5. The second-order valence-electron chi connectivity index (χ2n) is 11.9. The van der Waals surface area contributed by atoms with Gasteiger partial charge in [0.2, 0.25) is 0 Å². The predicted octanol–water partition coefficient (Wildman–Crippen LogP) is 6.09. The largest absolute Gasteiger partial charge is 0.508 e. The normalized spacial score (nSPS) is 12.9. The Bertz CT molecular complexity index is 3020. The predicted molar refractivity (Wildman–Crippen MR) is 207 cm³/mol. The van der Waals surface area contributed by atoms with E-state index in [0.717, 1.165) is 18.2 Å². The first-order chi connectivity index (χ1) is 28.0. The number of hydrogen-bond donors (Lipinski definition) is 6. The summed E-state index contributed by atoms with van der Waals surface area (Å²) in [6.45, 7) is -1.67. The number of carboxylic acid groups (broad SMARTS) is 1. The molecule has 0 bridgehead atoms. The molecule has 0 fully saturated rings. The summed E-state index contributed by atoms with van der Waals surface area (Å²) in [5, 5.41) is 66.1. The minimum Gasteiger partial charge on any atom is -0.508 e. The van der Waals surface area contributed by atoms with Gasteiger partial charge in [-0.25, -0.2) is 30.0 Å². The van der Waals surface area contributed by atoms with Gasteiger partial charge in [-0.2, -0.15) is 27.1 Å². The van der Waals surface area contributed by atoms with Crippen molar-refractivity contribution in [1.82, 2.24) is 0 Å². The van der Waals surface area contributed by atoms with Crippen molar-refractivity contribution in [3.05, 3.63) is 90.5 Å². The number of carboxylic acids is 1. The number of carbonyl (C=O) groups is 1. The van der Waals surface area contributed by atoms with Crippen LogP contribution in [0.5, 0.6) is 17.2 Å². The third-order valence-corrected chi connectivity index (χ3v) is 12.1. The Morgan fingerprint density at radius 2 is 0.983 bits per heavy atom. The third kappa shape index (κ3) is 11.7. The van der Waals surface area contributed by atoms with Crippen LogP contribution in [0.1, 0.15) is 10.4 Å². The Morgan fingerprint density at radius 3 is 1.47 bits per heavy atom. The highest BCUT2D eigenvalue weighted by atomic mass is 32.3. The highest BCUT2D eigenvalue weighted by Gasteiger charge is 2.23. The van der Waals surface area contributed by atoms with E-state index in [-0.39, 0.29) is 43.7 Å². The van der Waals surface area contributed by atoms with Crippen molar-refractivity contribution in [3.8, 4) is 17.2 Å². The molecule has 0 heterocycles. The van der Waals surface area contributed by atoms with Crippen molar-refractivity contribution in [1.29, 1.82) is 0 Å². The van der Waals surface area contributed by atoms with Crippen LogP contribution >= 0.6 is 0 Å². The van der Waals surface area contributed by atoms with E-state index < -0.39 is 99.6 Å². The van der Waals surface area contributed by atoms with Gasteiger partial charge in [-0.05, 0) is 84.9 Å². The van der Waals surface area contributed by atoms with E-state index in [1.54, 1.807) is 0 Å². The van der Waals surface area contributed by atoms with Gasteiger partial charge in [-0.1, -0.05) is 0 Å². The van der Waals surface area contributed by atoms with Crippen LogP contribution in [0, 0.1) is 0 Å². The van der Waals surface area contributed by atoms with Crippen molar-refractivity contribution in [2.24, 2.45) is 30.7 Å². The van der Waals surface area contributed by atoms with Crippen LogP contribution in [-0.4, -0.2) is 93.9 Å². The van der Waals surface area contributed by atoms with E-state index >= 15 is 0 Å². The second-order valence-corrected chi connectivity index (χ2v) is 18.3. The molecule has 316 valence electrons. The van der Waals surface area contributed by atoms with Crippen LogP contribution in [0.4, 0.5) is 34.1 Å². The minimum absolute atomic E-state index is 0.00798. The maximum absolute atomic E-state index is 12.5. The van der Waals surface area contributed by atoms with Gasteiger partial charge >= 0.3 is 26.8 Å². The molecule has 0 unspecified atom stereocenters.